The molecule has 25 heavy (non-hydrogen) atoms. The van der Waals surface area contributed by atoms with E-state index in [-0.39, 0.29) is 29.9 Å². The van der Waals surface area contributed by atoms with E-state index in [2.05, 4.69) is 29.1 Å². The fraction of sp³-hybridized carbons (Fsp3) is 0.450. The molecule has 0 saturated heterocycles. The van der Waals surface area contributed by atoms with Gasteiger partial charge in [-0.1, -0.05) is 41.4 Å². The molecule has 0 bridgehead atoms. The van der Waals surface area contributed by atoms with Crippen LogP contribution in [0.2, 0.25) is 0 Å². The van der Waals surface area contributed by atoms with Crippen LogP contribution in [0, 0.1) is 0 Å². The number of nitrogens with two attached hydrogens (primary N) is 1. The van der Waals surface area contributed by atoms with Crippen LogP contribution in [0.25, 0.3) is 0 Å². The topological polar surface area (TPSA) is 64.3 Å². The van der Waals surface area contributed by atoms with Crippen LogP contribution in [-0.4, -0.2) is 37.2 Å². The van der Waals surface area contributed by atoms with Crippen LogP contribution >= 0.6 is 11.8 Å². The number of para-hydroxylation sites is 1. The van der Waals surface area contributed by atoms with Gasteiger partial charge in [-0.25, -0.2) is 0 Å². The third-order valence-corrected chi connectivity index (χ3v) is 4.42. The fourth-order valence-corrected chi connectivity index (χ4v) is 2.83. The van der Waals surface area contributed by atoms with Gasteiger partial charge in [0.1, 0.15) is 6.04 Å². The van der Waals surface area contributed by atoms with E-state index in [1.807, 2.05) is 6.92 Å². The number of anilines is 1. The maximum Gasteiger partial charge on any atom is 0.323 e. The fourth-order valence-electron chi connectivity index (χ4n) is 1.90. The molecule has 138 valence electrons. The van der Waals surface area contributed by atoms with Crippen molar-refractivity contribution in [3.05, 3.63) is 53.5 Å². The maximum absolute atomic E-state index is 11.2. The summed E-state index contributed by atoms with van der Waals surface area (Å²) in [6.45, 7) is 4.39. The highest BCUT2D eigenvalue weighted by Gasteiger charge is 2.12. The number of hydrogen-bond donors (Lipinski definition) is 2. The third kappa shape index (κ3) is 9.99. The van der Waals surface area contributed by atoms with Crippen molar-refractivity contribution in [2.24, 2.45) is 5.73 Å². The van der Waals surface area contributed by atoms with Crippen molar-refractivity contribution >= 4 is 23.4 Å². The van der Waals surface area contributed by atoms with E-state index >= 15 is 0 Å². The minimum atomic E-state index is -0.602. The number of rotatable bonds is 11. The Morgan fingerprint density at radius 3 is 2.72 bits per heavy atom. The lowest BCUT2D eigenvalue weighted by atomic mass is 10.1. The average Bonchev–Trinajstić information content (AvgIpc) is 2.73. The zero-order valence-electron chi connectivity index (χ0n) is 20.1. The molecule has 0 saturated carbocycles. The summed E-state index contributed by atoms with van der Waals surface area (Å²) in [6, 6.07) is -2.13. The first-order chi connectivity index (χ1) is 14.1. The number of nitrogens with one attached hydrogen (secondary N) is 1. The summed E-state index contributed by atoms with van der Waals surface area (Å²) in [4.78, 5) is 11.2. The SMILES string of the molecule is [2H]c1c([2H])c([2H])c(NC/C(C)=C/CC/C(C)=C/CSC[C@H](N)C(=O)OC)c([2H])c1[2H]. The Labute approximate surface area is 162 Å². The quantitative estimate of drug-likeness (QED) is 0.351. The summed E-state index contributed by atoms with van der Waals surface area (Å²) < 4.78 is 43.5. The number of allylic oxidation sites excluding steroid dienone is 2. The van der Waals surface area contributed by atoms with Gasteiger partial charge in [-0.15, -0.1) is 0 Å². The summed E-state index contributed by atoms with van der Waals surface area (Å²) in [6.07, 6.45) is 5.90. The zero-order chi connectivity index (χ0) is 22.8. The van der Waals surface area contributed by atoms with Gasteiger partial charge in [-0.2, -0.15) is 11.8 Å². The second kappa shape index (κ2) is 12.6. The highest BCUT2D eigenvalue weighted by atomic mass is 32.2. The van der Waals surface area contributed by atoms with Gasteiger partial charge >= 0.3 is 5.97 Å². The van der Waals surface area contributed by atoms with Gasteiger partial charge in [0.25, 0.3) is 0 Å². The van der Waals surface area contributed by atoms with E-state index in [0.717, 1.165) is 24.2 Å². The number of carbonyl (C=O) groups is 1. The molecule has 1 rings (SSSR count). The predicted octanol–water partition coefficient (Wildman–Crippen LogP) is 4.00. The lowest BCUT2D eigenvalue weighted by molar-refractivity contribution is -0.141. The largest absolute Gasteiger partial charge is 0.468 e. The molecule has 5 heteroatoms. The van der Waals surface area contributed by atoms with Gasteiger partial charge < -0.3 is 15.8 Å². The molecule has 0 spiro atoms. The Bertz CT molecular complexity index is 786. The standard InChI is InChI=1S/C20H30N2O2S/c1-16(12-13-25-15-19(21)20(23)24-3)8-7-9-17(2)14-22-18-10-5-4-6-11-18/h4-6,9-12,19,22H,7-8,13-15,21H2,1-3H3/b16-12+,17-9+/t19-/m0/s1/i4D,5D,6D,10D,11D. The summed E-state index contributed by atoms with van der Waals surface area (Å²) in [5, 5.41) is 2.96. The number of ether oxygens (including phenoxy) is 1. The molecule has 0 heterocycles. The van der Waals surface area contributed by atoms with Gasteiger partial charge in [-0.05, 0) is 38.8 Å². The van der Waals surface area contributed by atoms with Crippen LogP contribution in [-0.2, 0) is 9.53 Å². The molecule has 0 amide bonds. The minimum absolute atomic E-state index is 0.118. The van der Waals surface area contributed by atoms with Crippen LogP contribution in [0.5, 0.6) is 0 Å². The molecule has 0 fully saturated rings. The molecular formula is C20H30N2O2S. The number of thioether (sulfide) groups is 1. The van der Waals surface area contributed by atoms with Crippen molar-refractivity contribution in [1.82, 2.24) is 0 Å². The van der Waals surface area contributed by atoms with E-state index in [1.165, 1.54) is 12.7 Å². The van der Waals surface area contributed by atoms with Gasteiger partial charge in [0, 0.05) is 23.7 Å². The van der Waals surface area contributed by atoms with Crippen molar-refractivity contribution in [3.8, 4) is 0 Å². The van der Waals surface area contributed by atoms with Crippen LogP contribution in [0.15, 0.2) is 53.5 Å². The highest BCUT2D eigenvalue weighted by Crippen LogP contribution is 2.11. The zero-order valence-corrected chi connectivity index (χ0v) is 15.9. The van der Waals surface area contributed by atoms with Gasteiger partial charge in [0.15, 0.2) is 0 Å². The molecule has 1 atom stereocenters. The molecule has 0 aliphatic rings. The molecule has 0 radical (unpaired) electrons. The molecule has 0 aliphatic carbocycles. The van der Waals surface area contributed by atoms with E-state index in [1.54, 1.807) is 11.8 Å². The monoisotopic (exact) mass is 367 g/mol. The van der Waals surface area contributed by atoms with E-state index < -0.39 is 18.1 Å². The molecular weight excluding hydrogens is 332 g/mol. The summed E-state index contributed by atoms with van der Waals surface area (Å²) in [7, 11) is 1.33. The Morgan fingerprint density at radius 2 is 2.04 bits per heavy atom. The van der Waals surface area contributed by atoms with Gasteiger partial charge in [0.2, 0.25) is 0 Å². The normalized spacial score (nSPS) is 16.2. The lowest BCUT2D eigenvalue weighted by Crippen LogP contribution is -2.33. The van der Waals surface area contributed by atoms with Crippen LogP contribution in [0.1, 0.15) is 33.5 Å². The molecule has 0 unspecified atom stereocenters. The number of benzene rings is 1. The van der Waals surface area contributed by atoms with E-state index in [4.69, 9.17) is 12.6 Å². The lowest BCUT2D eigenvalue weighted by Gasteiger charge is -2.08. The average molecular weight is 368 g/mol. The van der Waals surface area contributed by atoms with Crippen molar-refractivity contribution < 1.29 is 16.4 Å². The predicted molar refractivity (Wildman–Crippen MR) is 109 cm³/mol. The number of methoxy groups -OCH3 is 1. The Morgan fingerprint density at radius 1 is 1.32 bits per heavy atom. The summed E-state index contributed by atoms with van der Waals surface area (Å²) >= 11 is 1.58. The second-order valence-electron chi connectivity index (χ2n) is 5.66. The van der Waals surface area contributed by atoms with Gasteiger partial charge in [-0.3, -0.25) is 4.79 Å². The Hall–Kier alpha value is -1.72. The first-order valence-corrected chi connectivity index (χ1v) is 9.28. The summed E-state index contributed by atoms with van der Waals surface area (Å²) in [5.74, 6) is 0.885. The van der Waals surface area contributed by atoms with Crippen molar-refractivity contribution in [2.45, 2.75) is 32.7 Å². The minimum Gasteiger partial charge on any atom is -0.468 e. The Kier molecular flexibility index (Phi) is 7.29. The van der Waals surface area contributed by atoms with Crippen molar-refractivity contribution in [1.29, 1.82) is 0 Å². The van der Waals surface area contributed by atoms with Crippen LogP contribution < -0.4 is 11.1 Å². The van der Waals surface area contributed by atoms with E-state index in [9.17, 15) is 4.79 Å². The second-order valence-corrected chi connectivity index (χ2v) is 6.74. The van der Waals surface area contributed by atoms with E-state index in [0.29, 0.717) is 12.3 Å². The maximum atomic E-state index is 11.2. The molecule has 4 nitrogen and oxygen atoms in total. The molecule has 0 aromatic heterocycles. The highest BCUT2D eigenvalue weighted by molar-refractivity contribution is 7.99. The summed E-state index contributed by atoms with van der Waals surface area (Å²) in [5.41, 5.74) is 8.06. The van der Waals surface area contributed by atoms with Gasteiger partial charge in [0.05, 0.1) is 14.0 Å². The third-order valence-electron chi connectivity index (χ3n) is 3.43. The number of hydrogen-bond acceptors (Lipinski definition) is 5. The molecule has 3 N–H and O–H groups in total. The Balaban J connectivity index is 2.47. The molecule has 0 aliphatic heterocycles. The van der Waals surface area contributed by atoms with Crippen LogP contribution in [0.4, 0.5) is 5.69 Å². The first-order valence-electron chi connectivity index (χ1n) is 10.6. The van der Waals surface area contributed by atoms with Crippen LogP contribution in [0.3, 0.4) is 0 Å². The smallest absolute Gasteiger partial charge is 0.323 e. The van der Waals surface area contributed by atoms with Crippen molar-refractivity contribution in [2.75, 3.05) is 30.5 Å². The molecule has 1 aromatic carbocycles. The molecule has 1 aromatic rings. The number of esters is 1. The first kappa shape index (κ1) is 14.4. The number of carbonyl (C=O) groups excluding carboxylic acids is 1. The van der Waals surface area contributed by atoms with Crippen molar-refractivity contribution in [3.63, 3.8) is 0 Å².